The Labute approximate surface area is 112 Å². The minimum absolute atomic E-state index is 0.263. The van der Waals surface area contributed by atoms with Crippen molar-refractivity contribution in [3.05, 3.63) is 0 Å². The molecule has 1 rings (SSSR count). The van der Waals surface area contributed by atoms with Crippen molar-refractivity contribution in [2.24, 2.45) is 17.6 Å². The van der Waals surface area contributed by atoms with Crippen molar-refractivity contribution in [2.45, 2.75) is 51.8 Å². The third-order valence-electron chi connectivity index (χ3n) is 3.53. The molecular formula is C14H30N2S. The summed E-state index contributed by atoms with van der Waals surface area (Å²) in [5, 5.41) is 0.764. The molecule has 1 heterocycles. The van der Waals surface area contributed by atoms with Gasteiger partial charge in [0.1, 0.15) is 0 Å². The van der Waals surface area contributed by atoms with E-state index in [0.717, 1.165) is 23.6 Å². The Balaban J connectivity index is 2.78. The smallest absolute Gasteiger partial charge is 0.0432 e. The number of nitrogens with zero attached hydrogens (tertiary/aromatic N) is 1. The van der Waals surface area contributed by atoms with Crippen LogP contribution in [0.15, 0.2) is 0 Å². The summed E-state index contributed by atoms with van der Waals surface area (Å²) < 4.78 is 0. The predicted octanol–water partition coefficient (Wildman–Crippen LogP) is 2.82. The van der Waals surface area contributed by atoms with E-state index in [1.54, 1.807) is 0 Å². The van der Waals surface area contributed by atoms with Crippen LogP contribution < -0.4 is 5.73 Å². The average molecular weight is 258 g/mol. The minimum atomic E-state index is 0.263. The van der Waals surface area contributed by atoms with Crippen LogP contribution in [0.3, 0.4) is 0 Å². The van der Waals surface area contributed by atoms with E-state index in [-0.39, 0.29) is 5.54 Å². The van der Waals surface area contributed by atoms with Gasteiger partial charge in [0.15, 0.2) is 0 Å². The van der Waals surface area contributed by atoms with Crippen molar-refractivity contribution >= 4 is 11.8 Å². The average Bonchev–Trinajstić information content (AvgIpc) is 2.59. The zero-order chi connectivity index (χ0) is 13.1. The molecule has 1 aliphatic heterocycles. The first kappa shape index (κ1) is 15.3. The lowest BCUT2D eigenvalue weighted by molar-refractivity contribution is 0.0843. The zero-order valence-corrected chi connectivity index (χ0v) is 13.0. The standard InChI is InChI=1S/C14H30N2S/c1-11(2)7-16(8-12(3)4)14(9-15)6-13(5)17-10-14/h11-13H,6-10,15H2,1-5H3. The van der Waals surface area contributed by atoms with Crippen LogP contribution in [-0.4, -0.2) is 41.1 Å². The molecule has 2 nitrogen and oxygen atoms in total. The summed E-state index contributed by atoms with van der Waals surface area (Å²) in [7, 11) is 0. The number of rotatable bonds is 6. The lowest BCUT2D eigenvalue weighted by Crippen LogP contribution is -2.56. The van der Waals surface area contributed by atoms with Crippen LogP contribution in [0.1, 0.15) is 41.0 Å². The first-order chi connectivity index (χ1) is 7.89. The molecule has 1 aliphatic rings. The molecule has 0 aromatic carbocycles. The van der Waals surface area contributed by atoms with Gasteiger partial charge in [0.25, 0.3) is 0 Å². The molecule has 2 unspecified atom stereocenters. The van der Waals surface area contributed by atoms with Gasteiger partial charge in [-0.3, -0.25) is 4.90 Å². The third-order valence-corrected chi connectivity index (χ3v) is 4.97. The van der Waals surface area contributed by atoms with Gasteiger partial charge in [-0.05, 0) is 18.3 Å². The van der Waals surface area contributed by atoms with Crippen molar-refractivity contribution in [3.8, 4) is 0 Å². The van der Waals surface area contributed by atoms with E-state index >= 15 is 0 Å². The fourth-order valence-corrected chi connectivity index (χ4v) is 4.23. The van der Waals surface area contributed by atoms with Gasteiger partial charge in [-0.1, -0.05) is 34.6 Å². The van der Waals surface area contributed by atoms with Gasteiger partial charge in [0.05, 0.1) is 0 Å². The van der Waals surface area contributed by atoms with Crippen LogP contribution in [-0.2, 0) is 0 Å². The number of thioether (sulfide) groups is 1. The highest BCUT2D eigenvalue weighted by Gasteiger charge is 2.41. The highest BCUT2D eigenvalue weighted by atomic mass is 32.2. The highest BCUT2D eigenvalue weighted by molar-refractivity contribution is 8.00. The first-order valence-corrected chi connectivity index (χ1v) is 8.01. The molecule has 0 aromatic heterocycles. The summed E-state index contributed by atoms with van der Waals surface area (Å²) in [6, 6.07) is 0. The second-order valence-corrected chi connectivity index (χ2v) is 7.87. The molecule has 0 bridgehead atoms. The Morgan fingerprint density at radius 1 is 1.24 bits per heavy atom. The van der Waals surface area contributed by atoms with Crippen molar-refractivity contribution in [1.82, 2.24) is 4.90 Å². The van der Waals surface area contributed by atoms with E-state index < -0.39 is 0 Å². The van der Waals surface area contributed by atoms with E-state index in [1.165, 1.54) is 25.3 Å². The topological polar surface area (TPSA) is 29.3 Å². The Bertz CT molecular complexity index is 220. The Hall–Kier alpha value is 0.270. The number of hydrogen-bond acceptors (Lipinski definition) is 3. The van der Waals surface area contributed by atoms with Gasteiger partial charge in [-0.2, -0.15) is 11.8 Å². The summed E-state index contributed by atoms with van der Waals surface area (Å²) in [4.78, 5) is 2.68. The molecule has 1 saturated heterocycles. The van der Waals surface area contributed by atoms with Gasteiger partial charge in [-0.25, -0.2) is 0 Å². The zero-order valence-electron chi connectivity index (χ0n) is 12.2. The van der Waals surface area contributed by atoms with Crippen LogP contribution in [0.5, 0.6) is 0 Å². The number of hydrogen-bond donors (Lipinski definition) is 1. The monoisotopic (exact) mass is 258 g/mol. The summed E-state index contributed by atoms with van der Waals surface area (Å²) in [5.74, 6) is 2.65. The number of nitrogens with two attached hydrogens (primary N) is 1. The van der Waals surface area contributed by atoms with E-state index in [9.17, 15) is 0 Å². The van der Waals surface area contributed by atoms with Crippen LogP contribution in [0.25, 0.3) is 0 Å². The molecule has 2 N–H and O–H groups in total. The SMILES string of the molecule is CC(C)CN(CC(C)C)C1(CN)CSC(C)C1. The van der Waals surface area contributed by atoms with Crippen LogP contribution >= 0.6 is 11.8 Å². The fraction of sp³-hybridized carbons (Fsp3) is 1.00. The molecule has 0 amide bonds. The van der Waals surface area contributed by atoms with Crippen LogP contribution in [0.4, 0.5) is 0 Å². The minimum Gasteiger partial charge on any atom is -0.329 e. The van der Waals surface area contributed by atoms with Gasteiger partial charge >= 0.3 is 0 Å². The van der Waals surface area contributed by atoms with E-state index in [2.05, 4.69) is 51.3 Å². The molecular weight excluding hydrogens is 228 g/mol. The molecule has 1 fully saturated rings. The van der Waals surface area contributed by atoms with Gasteiger partial charge in [0, 0.05) is 36.2 Å². The quantitative estimate of drug-likeness (QED) is 0.794. The van der Waals surface area contributed by atoms with Gasteiger partial charge in [-0.15, -0.1) is 0 Å². The maximum Gasteiger partial charge on any atom is 0.0432 e. The lowest BCUT2D eigenvalue weighted by atomic mass is 9.91. The Morgan fingerprint density at radius 2 is 1.76 bits per heavy atom. The van der Waals surface area contributed by atoms with Crippen molar-refractivity contribution in [3.63, 3.8) is 0 Å². The first-order valence-electron chi connectivity index (χ1n) is 6.96. The molecule has 0 aliphatic carbocycles. The van der Waals surface area contributed by atoms with Gasteiger partial charge < -0.3 is 5.73 Å². The molecule has 3 heteroatoms. The molecule has 2 atom stereocenters. The summed E-state index contributed by atoms with van der Waals surface area (Å²) in [6.45, 7) is 14.7. The molecule has 0 aromatic rings. The third kappa shape index (κ3) is 4.15. The molecule has 0 radical (unpaired) electrons. The van der Waals surface area contributed by atoms with E-state index in [4.69, 9.17) is 5.73 Å². The summed E-state index contributed by atoms with van der Waals surface area (Å²) in [5.41, 5.74) is 6.39. The maximum absolute atomic E-state index is 6.13. The van der Waals surface area contributed by atoms with Gasteiger partial charge in [0.2, 0.25) is 0 Å². The summed E-state index contributed by atoms with van der Waals surface area (Å²) >= 11 is 2.09. The largest absolute Gasteiger partial charge is 0.329 e. The predicted molar refractivity (Wildman–Crippen MR) is 79.6 cm³/mol. The van der Waals surface area contributed by atoms with Crippen molar-refractivity contribution in [2.75, 3.05) is 25.4 Å². The molecule has 0 spiro atoms. The summed E-state index contributed by atoms with van der Waals surface area (Å²) in [6.07, 6.45) is 1.26. The van der Waals surface area contributed by atoms with Crippen molar-refractivity contribution in [1.29, 1.82) is 0 Å². The Morgan fingerprint density at radius 3 is 2.06 bits per heavy atom. The Kier molecular flexibility index (Phi) is 5.81. The van der Waals surface area contributed by atoms with Crippen molar-refractivity contribution < 1.29 is 0 Å². The molecule has 0 saturated carbocycles. The highest BCUT2D eigenvalue weighted by Crippen LogP contribution is 2.38. The fourth-order valence-electron chi connectivity index (χ4n) is 2.79. The van der Waals surface area contributed by atoms with E-state index in [1.807, 2.05) is 0 Å². The lowest BCUT2D eigenvalue weighted by Gasteiger charge is -2.42. The second-order valence-electron chi connectivity index (χ2n) is 6.45. The molecule has 102 valence electrons. The normalized spacial score (nSPS) is 29.8. The van der Waals surface area contributed by atoms with Crippen LogP contribution in [0, 0.1) is 11.8 Å². The maximum atomic E-state index is 6.13. The van der Waals surface area contributed by atoms with Crippen LogP contribution in [0.2, 0.25) is 0 Å². The molecule has 17 heavy (non-hydrogen) atoms. The second kappa shape index (κ2) is 6.44. The van der Waals surface area contributed by atoms with E-state index in [0.29, 0.717) is 0 Å².